The quantitative estimate of drug-likeness (QED) is 0.796. The van der Waals surface area contributed by atoms with E-state index in [9.17, 15) is 4.79 Å². The monoisotopic (exact) mass is 275 g/mol. The molecule has 110 valence electrons. The molecule has 1 fully saturated rings. The van der Waals surface area contributed by atoms with Gasteiger partial charge in [0, 0.05) is 13.5 Å². The van der Waals surface area contributed by atoms with Crippen molar-refractivity contribution < 1.29 is 9.53 Å². The van der Waals surface area contributed by atoms with Gasteiger partial charge in [-0.1, -0.05) is 25.0 Å². The molecule has 0 bridgehead atoms. The molecule has 1 amide bonds. The van der Waals surface area contributed by atoms with Gasteiger partial charge >= 0.3 is 0 Å². The number of carbonyl (C=O) groups is 1. The fraction of sp³-hybridized carbons (Fsp3) is 0.588. The molecular formula is C17H25NO2. The van der Waals surface area contributed by atoms with Crippen molar-refractivity contribution in [2.75, 3.05) is 20.2 Å². The topological polar surface area (TPSA) is 29.5 Å². The minimum atomic E-state index is 0.254. The highest BCUT2D eigenvalue weighted by Crippen LogP contribution is 2.27. The first kappa shape index (κ1) is 14.9. The Kier molecular flexibility index (Phi) is 5.45. The number of hydrogen-bond donors (Lipinski definition) is 0. The highest BCUT2D eigenvalue weighted by molar-refractivity contribution is 5.76. The maximum atomic E-state index is 12.1. The first-order chi connectivity index (χ1) is 9.65. The third-order valence-corrected chi connectivity index (χ3v) is 4.05. The van der Waals surface area contributed by atoms with Gasteiger partial charge in [0.25, 0.3) is 0 Å². The van der Waals surface area contributed by atoms with Crippen molar-refractivity contribution in [3.8, 4) is 5.75 Å². The zero-order valence-electron chi connectivity index (χ0n) is 12.6. The molecule has 0 radical (unpaired) electrons. The molecule has 1 saturated carbocycles. The minimum absolute atomic E-state index is 0.254. The summed E-state index contributed by atoms with van der Waals surface area (Å²) in [6.07, 6.45) is 5.73. The van der Waals surface area contributed by atoms with Crippen molar-refractivity contribution in [3.63, 3.8) is 0 Å². The molecule has 1 aliphatic rings. The van der Waals surface area contributed by atoms with Crippen molar-refractivity contribution in [1.82, 2.24) is 4.90 Å². The number of likely N-dealkylation sites (N-methyl/N-ethyl adjacent to an activating group) is 1. The van der Waals surface area contributed by atoms with Crippen LogP contribution in [0.25, 0.3) is 0 Å². The maximum Gasteiger partial charge on any atom is 0.222 e. The molecule has 0 aromatic heterocycles. The summed E-state index contributed by atoms with van der Waals surface area (Å²) in [6, 6.07) is 8.00. The standard InChI is InChI=1S/C17H25NO2/c1-14-6-5-9-16(12-14)20-11-10-18(2)17(19)13-15-7-3-4-8-15/h5-6,9,12,15H,3-4,7-8,10-11,13H2,1-2H3. The molecule has 3 nitrogen and oxygen atoms in total. The largest absolute Gasteiger partial charge is 0.492 e. The van der Waals surface area contributed by atoms with E-state index in [4.69, 9.17) is 4.74 Å². The molecule has 20 heavy (non-hydrogen) atoms. The van der Waals surface area contributed by atoms with E-state index in [1.807, 2.05) is 38.2 Å². The molecule has 0 atom stereocenters. The van der Waals surface area contributed by atoms with E-state index in [2.05, 4.69) is 0 Å². The van der Waals surface area contributed by atoms with Gasteiger partial charge in [-0.25, -0.2) is 0 Å². The minimum Gasteiger partial charge on any atom is -0.492 e. The van der Waals surface area contributed by atoms with Crippen LogP contribution in [-0.4, -0.2) is 31.0 Å². The summed E-state index contributed by atoms with van der Waals surface area (Å²) < 4.78 is 5.68. The smallest absolute Gasteiger partial charge is 0.222 e. The molecule has 1 aromatic carbocycles. The van der Waals surface area contributed by atoms with E-state index in [0.717, 1.165) is 5.75 Å². The number of hydrogen-bond acceptors (Lipinski definition) is 2. The molecular weight excluding hydrogens is 250 g/mol. The van der Waals surface area contributed by atoms with Gasteiger partial charge in [-0.05, 0) is 43.4 Å². The van der Waals surface area contributed by atoms with Crippen LogP contribution in [0.2, 0.25) is 0 Å². The Morgan fingerprint density at radius 1 is 1.35 bits per heavy atom. The van der Waals surface area contributed by atoms with Gasteiger partial charge in [-0.3, -0.25) is 4.79 Å². The lowest BCUT2D eigenvalue weighted by Gasteiger charge is -2.19. The van der Waals surface area contributed by atoms with Crippen molar-refractivity contribution in [2.45, 2.75) is 39.0 Å². The summed E-state index contributed by atoms with van der Waals surface area (Å²) in [5.41, 5.74) is 1.19. The number of ether oxygens (including phenoxy) is 1. The Morgan fingerprint density at radius 2 is 2.10 bits per heavy atom. The second kappa shape index (κ2) is 7.32. The first-order valence-electron chi connectivity index (χ1n) is 7.58. The van der Waals surface area contributed by atoms with E-state index in [0.29, 0.717) is 25.5 Å². The van der Waals surface area contributed by atoms with Gasteiger partial charge < -0.3 is 9.64 Å². The first-order valence-corrected chi connectivity index (χ1v) is 7.58. The van der Waals surface area contributed by atoms with Crippen LogP contribution in [0.15, 0.2) is 24.3 Å². The summed E-state index contributed by atoms with van der Waals surface area (Å²) in [4.78, 5) is 13.9. The van der Waals surface area contributed by atoms with Gasteiger partial charge in [0.2, 0.25) is 5.91 Å². The molecule has 0 saturated heterocycles. The van der Waals surface area contributed by atoms with E-state index in [1.54, 1.807) is 4.90 Å². The summed E-state index contributed by atoms with van der Waals surface area (Å²) in [5, 5.41) is 0. The highest BCUT2D eigenvalue weighted by Gasteiger charge is 2.20. The summed E-state index contributed by atoms with van der Waals surface area (Å²) >= 11 is 0. The van der Waals surface area contributed by atoms with E-state index in [1.165, 1.54) is 31.2 Å². The van der Waals surface area contributed by atoms with Crippen LogP contribution in [-0.2, 0) is 4.79 Å². The number of aryl methyl sites for hydroxylation is 1. The number of amides is 1. The SMILES string of the molecule is Cc1cccc(OCCN(C)C(=O)CC2CCCC2)c1. The zero-order valence-corrected chi connectivity index (χ0v) is 12.6. The predicted octanol–water partition coefficient (Wildman–Crippen LogP) is 3.41. The highest BCUT2D eigenvalue weighted by atomic mass is 16.5. The lowest BCUT2D eigenvalue weighted by molar-refractivity contribution is -0.131. The number of benzene rings is 1. The number of carbonyl (C=O) groups excluding carboxylic acids is 1. The van der Waals surface area contributed by atoms with Crippen LogP contribution in [0, 0.1) is 12.8 Å². The summed E-state index contributed by atoms with van der Waals surface area (Å²) in [7, 11) is 1.87. The lowest BCUT2D eigenvalue weighted by atomic mass is 10.0. The van der Waals surface area contributed by atoms with Crippen LogP contribution in [0.5, 0.6) is 5.75 Å². The van der Waals surface area contributed by atoms with Crippen molar-refractivity contribution in [2.24, 2.45) is 5.92 Å². The van der Waals surface area contributed by atoms with Gasteiger partial charge in [0.1, 0.15) is 12.4 Å². The van der Waals surface area contributed by atoms with E-state index < -0.39 is 0 Å². The molecule has 1 aliphatic carbocycles. The molecule has 0 heterocycles. The van der Waals surface area contributed by atoms with E-state index >= 15 is 0 Å². The molecule has 2 rings (SSSR count). The third-order valence-electron chi connectivity index (χ3n) is 4.05. The van der Waals surface area contributed by atoms with Crippen molar-refractivity contribution in [3.05, 3.63) is 29.8 Å². The maximum absolute atomic E-state index is 12.1. The lowest BCUT2D eigenvalue weighted by Crippen LogP contribution is -2.31. The normalized spacial score (nSPS) is 15.3. The molecule has 3 heteroatoms. The Bertz CT molecular complexity index is 438. The molecule has 0 aliphatic heterocycles. The number of nitrogens with zero attached hydrogens (tertiary/aromatic N) is 1. The average Bonchev–Trinajstić information content (AvgIpc) is 2.91. The predicted molar refractivity (Wildman–Crippen MR) is 80.9 cm³/mol. The molecule has 0 spiro atoms. The molecule has 0 N–H and O–H groups in total. The Balaban J connectivity index is 1.68. The van der Waals surface area contributed by atoms with Crippen molar-refractivity contribution >= 4 is 5.91 Å². The summed E-state index contributed by atoms with van der Waals surface area (Å²) in [5.74, 6) is 1.74. The van der Waals surface area contributed by atoms with Crippen LogP contribution in [0.4, 0.5) is 0 Å². The average molecular weight is 275 g/mol. The van der Waals surface area contributed by atoms with Gasteiger partial charge in [0.05, 0.1) is 6.54 Å². The second-order valence-electron chi connectivity index (χ2n) is 5.83. The second-order valence-corrected chi connectivity index (χ2v) is 5.83. The fourth-order valence-corrected chi connectivity index (χ4v) is 2.75. The van der Waals surface area contributed by atoms with Crippen LogP contribution in [0.1, 0.15) is 37.7 Å². The Labute approximate surface area is 121 Å². The molecule has 1 aromatic rings. The van der Waals surface area contributed by atoms with Crippen LogP contribution in [0.3, 0.4) is 0 Å². The van der Waals surface area contributed by atoms with Gasteiger partial charge in [-0.15, -0.1) is 0 Å². The van der Waals surface area contributed by atoms with Gasteiger partial charge in [0.15, 0.2) is 0 Å². The molecule has 0 unspecified atom stereocenters. The van der Waals surface area contributed by atoms with Crippen LogP contribution < -0.4 is 4.74 Å². The number of rotatable bonds is 6. The Morgan fingerprint density at radius 3 is 2.80 bits per heavy atom. The Hall–Kier alpha value is -1.51. The van der Waals surface area contributed by atoms with Crippen LogP contribution >= 0.6 is 0 Å². The zero-order chi connectivity index (χ0) is 14.4. The van der Waals surface area contributed by atoms with E-state index in [-0.39, 0.29) is 5.91 Å². The van der Waals surface area contributed by atoms with Gasteiger partial charge in [-0.2, -0.15) is 0 Å². The summed E-state index contributed by atoms with van der Waals surface area (Å²) in [6.45, 7) is 3.25. The fourth-order valence-electron chi connectivity index (χ4n) is 2.75. The third kappa shape index (κ3) is 4.55. The van der Waals surface area contributed by atoms with Crippen molar-refractivity contribution in [1.29, 1.82) is 0 Å².